The van der Waals surface area contributed by atoms with Gasteiger partial charge in [-0.3, -0.25) is 4.79 Å². The van der Waals surface area contributed by atoms with Gasteiger partial charge in [-0.05, 0) is 17.7 Å². The molecule has 0 heterocycles. The molecular formula is C15H22O3S2. The van der Waals surface area contributed by atoms with Gasteiger partial charge in [0.2, 0.25) is 0 Å². The van der Waals surface area contributed by atoms with Crippen LogP contribution in [0.5, 0.6) is 0 Å². The van der Waals surface area contributed by atoms with E-state index >= 15 is 0 Å². The third-order valence-electron chi connectivity index (χ3n) is 2.72. The number of carbonyl (C=O) groups excluding carboxylic acids is 1. The number of esters is 1. The third-order valence-corrected chi connectivity index (χ3v) is 5.32. The first-order valence-electron chi connectivity index (χ1n) is 6.68. The molecule has 1 rings (SSSR count). The molecular weight excluding hydrogens is 292 g/mol. The minimum atomic E-state index is -0.469. The molecule has 1 aromatic rings. The monoisotopic (exact) mass is 314 g/mol. The molecule has 0 aliphatic carbocycles. The zero-order valence-electron chi connectivity index (χ0n) is 12.0. The maximum Gasteiger partial charge on any atom is 0.315 e. The molecule has 0 amide bonds. The largest absolute Gasteiger partial charge is 0.468 e. The SMILES string of the molecule is CCCSC(c1ccccc1)C(O)CSCC(=O)OC. The topological polar surface area (TPSA) is 46.5 Å². The van der Waals surface area contributed by atoms with E-state index in [1.165, 1.54) is 18.9 Å². The van der Waals surface area contributed by atoms with E-state index in [2.05, 4.69) is 11.7 Å². The summed E-state index contributed by atoms with van der Waals surface area (Å²) in [6, 6.07) is 10.0. The molecule has 5 heteroatoms. The second-order valence-corrected chi connectivity index (χ2v) is 6.64. The highest BCUT2D eigenvalue weighted by Crippen LogP contribution is 2.33. The summed E-state index contributed by atoms with van der Waals surface area (Å²) in [5.74, 6) is 1.58. The van der Waals surface area contributed by atoms with Crippen molar-refractivity contribution in [1.29, 1.82) is 0 Å². The summed E-state index contributed by atoms with van der Waals surface area (Å²) in [4.78, 5) is 11.1. The maximum absolute atomic E-state index is 11.1. The number of aliphatic hydroxyl groups is 1. The van der Waals surface area contributed by atoms with Gasteiger partial charge in [0.05, 0.1) is 24.2 Å². The average Bonchev–Trinajstić information content (AvgIpc) is 2.48. The standard InChI is InChI=1S/C15H22O3S2/c1-3-9-20-15(12-7-5-4-6-8-12)13(16)10-19-11-14(17)18-2/h4-8,13,15-16H,3,9-11H2,1-2H3. The highest BCUT2D eigenvalue weighted by atomic mass is 32.2. The molecule has 0 bridgehead atoms. The molecule has 0 aliphatic rings. The minimum Gasteiger partial charge on any atom is -0.468 e. The number of hydrogen-bond acceptors (Lipinski definition) is 5. The Morgan fingerprint density at radius 1 is 1.35 bits per heavy atom. The van der Waals surface area contributed by atoms with Crippen LogP contribution in [-0.4, -0.2) is 41.5 Å². The van der Waals surface area contributed by atoms with Gasteiger partial charge in [-0.2, -0.15) is 11.8 Å². The van der Waals surface area contributed by atoms with Crippen LogP contribution in [-0.2, 0) is 9.53 Å². The molecule has 1 N–H and O–H groups in total. The molecule has 0 saturated heterocycles. The Bertz CT molecular complexity index is 384. The van der Waals surface area contributed by atoms with Crippen LogP contribution < -0.4 is 0 Å². The van der Waals surface area contributed by atoms with E-state index in [0.717, 1.165) is 17.7 Å². The van der Waals surface area contributed by atoms with Crippen molar-refractivity contribution in [3.8, 4) is 0 Å². The van der Waals surface area contributed by atoms with Gasteiger partial charge in [-0.25, -0.2) is 0 Å². The van der Waals surface area contributed by atoms with Crippen molar-refractivity contribution in [3.05, 3.63) is 35.9 Å². The second kappa shape index (κ2) is 10.1. The fourth-order valence-electron chi connectivity index (χ4n) is 1.73. The lowest BCUT2D eigenvalue weighted by molar-refractivity contribution is -0.137. The quantitative estimate of drug-likeness (QED) is 0.710. The van der Waals surface area contributed by atoms with Crippen LogP contribution >= 0.6 is 23.5 Å². The molecule has 0 radical (unpaired) electrons. The summed E-state index contributed by atoms with van der Waals surface area (Å²) in [5.41, 5.74) is 1.14. The first-order chi connectivity index (χ1) is 9.69. The van der Waals surface area contributed by atoms with Crippen LogP contribution in [0.3, 0.4) is 0 Å². The van der Waals surface area contributed by atoms with Crippen LogP contribution in [0, 0.1) is 0 Å². The van der Waals surface area contributed by atoms with E-state index in [1.807, 2.05) is 30.3 Å². The Labute approximate surface area is 129 Å². The average molecular weight is 314 g/mol. The summed E-state index contributed by atoms with van der Waals surface area (Å²) in [6.45, 7) is 2.13. The number of aliphatic hydroxyl groups excluding tert-OH is 1. The number of carbonyl (C=O) groups is 1. The molecule has 1 aromatic carbocycles. The van der Waals surface area contributed by atoms with Crippen LogP contribution in [0.2, 0.25) is 0 Å². The van der Waals surface area contributed by atoms with Crippen molar-refractivity contribution in [2.24, 2.45) is 0 Å². The predicted molar refractivity (Wildman–Crippen MR) is 87.3 cm³/mol. The van der Waals surface area contributed by atoms with Crippen LogP contribution in [0.15, 0.2) is 30.3 Å². The second-order valence-electron chi connectivity index (χ2n) is 4.36. The van der Waals surface area contributed by atoms with Crippen molar-refractivity contribution in [3.63, 3.8) is 0 Å². The normalized spacial score (nSPS) is 13.8. The third kappa shape index (κ3) is 6.20. The molecule has 0 spiro atoms. The zero-order chi connectivity index (χ0) is 14.8. The van der Waals surface area contributed by atoms with Crippen molar-refractivity contribution < 1.29 is 14.6 Å². The Morgan fingerprint density at radius 2 is 2.05 bits per heavy atom. The smallest absolute Gasteiger partial charge is 0.315 e. The van der Waals surface area contributed by atoms with Crippen molar-refractivity contribution in [1.82, 2.24) is 0 Å². The molecule has 20 heavy (non-hydrogen) atoms. The van der Waals surface area contributed by atoms with E-state index in [0.29, 0.717) is 5.75 Å². The van der Waals surface area contributed by atoms with E-state index in [4.69, 9.17) is 0 Å². The van der Waals surface area contributed by atoms with Crippen LogP contribution in [0.25, 0.3) is 0 Å². The van der Waals surface area contributed by atoms with Gasteiger partial charge in [0.25, 0.3) is 0 Å². The maximum atomic E-state index is 11.1. The van der Waals surface area contributed by atoms with Gasteiger partial charge in [0, 0.05) is 5.75 Å². The van der Waals surface area contributed by atoms with E-state index in [-0.39, 0.29) is 17.0 Å². The molecule has 0 aliphatic heterocycles. The molecule has 0 fully saturated rings. The van der Waals surface area contributed by atoms with E-state index in [9.17, 15) is 9.90 Å². The summed E-state index contributed by atoms with van der Waals surface area (Å²) < 4.78 is 4.60. The highest BCUT2D eigenvalue weighted by molar-refractivity contribution is 8.00. The first-order valence-corrected chi connectivity index (χ1v) is 8.88. The Balaban J connectivity index is 2.56. The number of hydrogen-bond donors (Lipinski definition) is 1. The van der Waals surface area contributed by atoms with Gasteiger partial charge in [0.1, 0.15) is 0 Å². The van der Waals surface area contributed by atoms with Crippen LogP contribution in [0.1, 0.15) is 24.2 Å². The first kappa shape index (κ1) is 17.4. The number of methoxy groups -OCH3 is 1. The Kier molecular flexibility index (Phi) is 8.82. The lowest BCUT2D eigenvalue weighted by atomic mass is 10.1. The molecule has 112 valence electrons. The van der Waals surface area contributed by atoms with E-state index in [1.54, 1.807) is 11.8 Å². The van der Waals surface area contributed by atoms with E-state index < -0.39 is 6.10 Å². The van der Waals surface area contributed by atoms with Crippen molar-refractivity contribution >= 4 is 29.5 Å². The molecule has 0 saturated carbocycles. The number of benzene rings is 1. The molecule has 2 unspecified atom stereocenters. The van der Waals surface area contributed by atoms with Gasteiger partial charge < -0.3 is 9.84 Å². The summed E-state index contributed by atoms with van der Waals surface area (Å²) in [7, 11) is 1.38. The summed E-state index contributed by atoms with van der Waals surface area (Å²) in [5, 5.41) is 10.4. The van der Waals surface area contributed by atoms with Gasteiger partial charge in [-0.15, -0.1) is 11.8 Å². The fraction of sp³-hybridized carbons (Fsp3) is 0.533. The predicted octanol–water partition coefficient (Wildman–Crippen LogP) is 3.14. The minimum absolute atomic E-state index is 0.0568. The molecule has 2 atom stereocenters. The number of thioether (sulfide) groups is 2. The van der Waals surface area contributed by atoms with Crippen molar-refractivity contribution in [2.45, 2.75) is 24.7 Å². The lowest BCUT2D eigenvalue weighted by Gasteiger charge is -2.22. The molecule has 0 aromatic heterocycles. The summed E-state index contributed by atoms with van der Waals surface area (Å²) >= 11 is 3.18. The van der Waals surface area contributed by atoms with Gasteiger partial charge in [-0.1, -0.05) is 37.3 Å². The van der Waals surface area contributed by atoms with Gasteiger partial charge >= 0.3 is 5.97 Å². The molecule has 3 nitrogen and oxygen atoms in total. The number of rotatable bonds is 9. The fourth-order valence-corrected chi connectivity index (χ4v) is 3.84. The number of ether oxygens (including phenoxy) is 1. The van der Waals surface area contributed by atoms with Crippen LogP contribution in [0.4, 0.5) is 0 Å². The Hall–Kier alpha value is -0.650. The Morgan fingerprint density at radius 3 is 2.65 bits per heavy atom. The summed E-state index contributed by atoms with van der Waals surface area (Å²) in [6.07, 6.45) is 0.611. The van der Waals surface area contributed by atoms with Gasteiger partial charge in [0.15, 0.2) is 0 Å². The highest BCUT2D eigenvalue weighted by Gasteiger charge is 2.21. The van der Waals surface area contributed by atoms with Crippen molar-refractivity contribution in [2.75, 3.05) is 24.4 Å². The zero-order valence-corrected chi connectivity index (χ0v) is 13.6. The lowest BCUT2D eigenvalue weighted by Crippen LogP contribution is -2.20.